The minimum atomic E-state index is 0.0865. The Morgan fingerprint density at radius 1 is 1.15 bits per heavy atom. The van der Waals surface area contributed by atoms with Crippen molar-refractivity contribution in [3.05, 3.63) is 36.2 Å². The Labute approximate surface area is 124 Å². The summed E-state index contributed by atoms with van der Waals surface area (Å²) in [6.45, 7) is 1.79. The van der Waals surface area contributed by atoms with Crippen molar-refractivity contribution in [1.29, 1.82) is 0 Å². The number of azo groups is 1. The summed E-state index contributed by atoms with van der Waals surface area (Å²) in [7, 11) is 0. The zero-order valence-electron chi connectivity index (χ0n) is 10.5. The van der Waals surface area contributed by atoms with Crippen molar-refractivity contribution >= 4 is 45.8 Å². The van der Waals surface area contributed by atoms with Crippen molar-refractivity contribution in [1.82, 2.24) is 9.36 Å². The maximum Gasteiger partial charge on any atom is 0.249 e. The van der Waals surface area contributed by atoms with Crippen LogP contribution >= 0.6 is 24.2 Å². The van der Waals surface area contributed by atoms with Crippen LogP contribution in [0.5, 0.6) is 5.75 Å². The second-order valence-corrected chi connectivity index (χ2v) is 5.34. The van der Waals surface area contributed by atoms with Crippen LogP contribution in [-0.2, 0) is 0 Å². The number of hydrogen-bond donors (Lipinski definition) is 2. The number of thiol groups is 1. The third-order valence-electron chi connectivity index (χ3n) is 2.75. The number of aryl methyl sites for hydroxylation is 1. The second-order valence-electron chi connectivity index (χ2n) is 4.13. The molecule has 0 aliphatic carbocycles. The summed E-state index contributed by atoms with van der Waals surface area (Å²) in [5.74, 6) is 0.745. The highest BCUT2D eigenvalue weighted by atomic mass is 32.1. The summed E-state index contributed by atoms with van der Waals surface area (Å²) in [6.07, 6.45) is 0. The van der Waals surface area contributed by atoms with E-state index >= 15 is 0 Å². The number of benzene rings is 2. The van der Waals surface area contributed by atoms with Crippen LogP contribution in [0, 0.1) is 6.92 Å². The van der Waals surface area contributed by atoms with Crippen molar-refractivity contribution < 1.29 is 5.11 Å². The lowest BCUT2D eigenvalue weighted by Gasteiger charge is -2.05. The highest BCUT2D eigenvalue weighted by molar-refractivity contribution is 7.80. The van der Waals surface area contributed by atoms with E-state index in [9.17, 15) is 5.11 Å². The van der Waals surface area contributed by atoms with E-state index in [-0.39, 0.29) is 5.75 Å². The van der Waals surface area contributed by atoms with Crippen LogP contribution in [0.4, 0.5) is 10.8 Å². The third kappa shape index (κ3) is 2.37. The van der Waals surface area contributed by atoms with Gasteiger partial charge in [0, 0.05) is 21.8 Å². The quantitative estimate of drug-likeness (QED) is 0.544. The molecule has 7 heteroatoms. The summed E-state index contributed by atoms with van der Waals surface area (Å²) in [5.41, 5.74) is 0.393. The van der Waals surface area contributed by atoms with Crippen LogP contribution in [0.15, 0.2) is 45.5 Å². The van der Waals surface area contributed by atoms with Gasteiger partial charge in [0.2, 0.25) is 5.13 Å². The Morgan fingerprint density at radius 2 is 2.00 bits per heavy atom. The van der Waals surface area contributed by atoms with Crippen LogP contribution in [0.25, 0.3) is 10.8 Å². The second kappa shape index (κ2) is 5.18. The monoisotopic (exact) mass is 302 g/mol. The highest BCUT2D eigenvalue weighted by Gasteiger charge is 2.08. The SMILES string of the molecule is Cc1nsc(N=Nc2ccc3c(S)cccc3c2O)n1. The Morgan fingerprint density at radius 3 is 2.75 bits per heavy atom. The first-order chi connectivity index (χ1) is 9.65. The standard InChI is InChI=1S/C13H10N4OS2/c1-7-14-13(20-17-7)16-15-10-6-5-8-9(12(10)18)3-2-4-11(8)19/h2-6,18-19H,1H3. The molecule has 3 aromatic rings. The molecule has 0 aliphatic rings. The summed E-state index contributed by atoms with van der Waals surface area (Å²) in [5, 5.41) is 20.3. The van der Waals surface area contributed by atoms with E-state index in [0.29, 0.717) is 22.0 Å². The number of nitrogens with zero attached hydrogens (tertiary/aromatic N) is 4. The molecule has 20 heavy (non-hydrogen) atoms. The summed E-state index contributed by atoms with van der Waals surface area (Å²) in [4.78, 5) is 4.89. The van der Waals surface area contributed by atoms with E-state index in [1.54, 1.807) is 13.0 Å². The summed E-state index contributed by atoms with van der Waals surface area (Å²) >= 11 is 5.53. The molecular formula is C13H10N4OS2. The van der Waals surface area contributed by atoms with Gasteiger partial charge in [-0.1, -0.05) is 18.2 Å². The van der Waals surface area contributed by atoms with E-state index in [1.165, 1.54) is 11.5 Å². The fourth-order valence-electron chi connectivity index (χ4n) is 1.82. The van der Waals surface area contributed by atoms with Gasteiger partial charge in [0.05, 0.1) is 0 Å². The van der Waals surface area contributed by atoms with Crippen molar-refractivity contribution in [3.63, 3.8) is 0 Å². The molecular weight excluding hydrogens is 292 g/mol. The number of fused-ring (bicyclic) bond motifs is 1. The molecule has 0 saturated heterocycles. The topological polar surface area (TPSA) is 70.7 Å². The Hall–Kier alpha value is -1.99. The molecule has 100 valence electrons. The molecule has 1 N–H and O–H groups in total. The predicted octanol–water partition coefficient (Wildman–Crippen LogP) is 4.41. The van der Waals surface area contributed by atoms with Gasteiger partial charge < -0.3 is 5.11 Å². The first kappa shape index (κ1) is 13.0. The maximum absolute atomic E-state index is 10.2. The molecule has 0 saturated carbocycles. The molecule has 1 heterocycles. The van der Waals surface area contributed by atoms with Crippen LogP contribution in [0.3, 0.4) is 0 Å². The fourth-order valence-corrected chi connectivity index (χ4v) is 2.60. The molecule has 0 unspecified atom stereocenters. The van der Waals surface area contributed by atoms with Gasteiger partial charge in [0.15, 0.2) is 5.75 Å². The Kier molecular flexibility index (Phi) is 3.37. The van der Waals surface area contributed by atoms with E-state index < -0.39 is 0 Å². The third-order valence-corrected chi connectivity index (χ3v) is 3.83. The molecule has 0 aliphatic heterocycles. The number of phenolic OH excluding ortho intramolecular Hbond substituents is 1. The minimum Gasteiger partial charge on any atom is -0.505 e. The van der Waals surface area contributed by atoms with Crippen LogP contribution in [-0.4, -0.2) is 14.5 Å². The Bertz CT molecular complexity index is 813. The smallest absolute Gasteiger partial charge is 0.249 e. The normalized spacial score (nSPS) is 11.5. The van der Waals surface area contributed by atoms with Crippen LogP contribution in [0.2, 0.25) is 0 Å². The van der Waals surface area contributed by atoms with Gasteiger partial charge in [-0.25, -0.2) is 4.98 Å². The summed E-state index contributed by atoms with van der Waals surface area (Å²) in [6, 6.07) is 9.08. The van der Waals surface area contributed by atoms with Gasteiger partial charge in [-0.05, 0) is 24.4 Å². The van der Waals surface area contributed by atoms with E-state index in [4.69, 9.17) is 0 Å². The number of aromatic nitrogens is 2. The number of aromatic hydroxyl groups is 1. The van der Waals surface area contributed by atoms with Crippen molar-refractivity contribution in [2.75, 3.05) is 0 Å². The average molecular weight is 302 g/mol. The summed E-state index contributed by atoms with van der Waals surface area (Å²) < 4.78 is 4.02. The lowest BCUT2D eigenvalue weighted by molar-refractivity contribution is 0.482. The van der Waals surface area contributed by atoms with Gasteiger partial charge in [-0.3, -0.25) is 0 Å². The van der Waals surface area contributed by atoms with Crippen molar-refractivity contribution in [2.24, 2.45) is 10.2 Å². The zero-order chi connectivity index (χ0) is 14.1. The predicted molar refractivity (Wildman–Crippen MR) is 81.7 cm³/mol. The molecule has 1 aromatic heterocycles. The van der Waals surface area contributed by atoms with Gasteiger partial charge in [-0.15, -0.1) is 22.9 Å². The van der Waals surface area contributed by atoms with Gasteiger partial charge in [0.25, 0.3) is 0 Å². The molecule has 0 bridgehead atoms. The lowest BCUT2D eigenvalue weighted by Crippen LogP contribution is -1.77. The molecule has 5 nitrogen and oxygen atoms in total. The highest BCUT2D eigenvalue weighted by Crippen LogP contribution is 2.37. The van der Waals surface area contributed by atoms with Crippen molar-refractivity contribution in [3.8, 4) is 5.75 Å². The first-order valence-corrected chi connectivity index (χ1v) is 7.03. The molecule has 0 amide bonds. The number of phenols is 1. The Balaban J connectivity index is 2.04. The number of hydrogen-bond acceptors (Lipinski definition) is 7. The molecule has 2 aromatic carbocycles. The van der Waals surface area contributed by atoms with E-state index in [0.717, 1.165) is 10.3 Å². The molecule has 3 rings (SSSR count). The van der Waals surface area contributed by atoms with Crippen LogP contribution < -0.4 is 0 Å². The van der Waals surface area contributed by atoms with E-state index in [1.807, 2.05) is 24.3 Å². The fraction of sp³-hybridized carbons (Fsp3) is 0.0769. The molecule has 0 spiro atoms. The maximum atomic E-state index is 10.2. The lowest BCUT2D eigenvalue weighted by atomic mass is 10.1. The minimum absolute atomic E-state index is 0.0865. The van der Waals surface area contributed by atoms with Crippen LogP contribution in [0.1, 0.15) is 5.82 Å². The van der Waals surface area contributed by atoms with Crippen molar-refractivity contribution in [2.45, 2.75) is 11.8 Å². The molecule has 0 radical (unpaired) electrons. The van der Waals surface area contributed by atoms with E-state index in [2.05, 4.69) is 32.2 Å². The van der Waals surface area contributed by atoms with Gasteiger partial charge >= 0.3 is 0 Å². The van der Waals surface area contributed by atoms with Gasteiger partial charge in [0.1, 0.15) is 11.5 Å². The van der Waals surface area contributed by atoms with Gasteiger partial charge in [-0.2, -0.15) is 4.37 Å². The molecule has 0 atom stereocenters. The average Bonchev–Trinajstić information content (AvgIpc) is 2.85. The number of rotatable bonds is 2. The molecule has 0 fully saturated rings. The zero-order valence-corrected chi connectivity index (χ0v) is 12.2. The largest absolute Gasteiger partial charge is 0.505 e. The first-order valence-electron chi connectivity index (χ1n) is 5.81.